The van der Waals surface area contributed by atoms with Gasteiger partial charge in [0.15, 0.2) is 5.03 Å². The fraction of sp³-hybridized carbons (Fsp3) is 0.105. The third kappa shape index (κ3) is 4.55. The molecule has 0 bridgehead atoms. The number of hydrogen-bond donors (Lipinski definition) is 1. The fourth-order valence-corrected chi connectivity index (χ4v) is 3.85. The average Bonchev–Trinajstić information content (AvgIpc) is 2.65. The van der Waals surface area contributed by atoms with Gasteiger partial charge in [0.05, 0.1) is 4.90 Å². The van der Waals surface area contributed by atoms with Crippen LogP contribution in [-0.2, 0) is 21.2 Å². The summed E-state index contributed by atoms with van der Waals surface area (Å²) in [5.74, 6) is -0.498. The van der Waals surface area contributed by atoms with Crippen LogP contribution < -0.4 is 10.9 Å². The van der Waals surface area contributed by atoms with Crippen molar-refractivity contribution in [3.8, 4) is 0 Å². The lowest BCUT2D eigenvalue weighted by Crippen LogP contribution is -2.30. The van der Waals surface area contributed by atoms with E-state index >= 15 is 0 Å². The summed E-state index contributed by atoms with van der Waals surface area (Å²) in [6, 6.07) is 15.4. The second-order valence-electron chi connectivity index (χ2n) is 6.04. The van der Waals surface area contributed by atoms with Crippen LogP contribution in [0.25, 0.3) is 0 Å². The molecule has 1 heterocycles. The molecule has 0 saturated carbocycles. The number of rotatable bonds is 5. The molecule has 3 rings (SSSR count). The van der Waals surface area contributed by atoms with Crippen LogP contribution in [0.15, 0.2) is 79.9 Å². The number of carbonyl (C=O) groups excluding carboxylic acids is 1. The summed E-state index contributed by atoms with van der Waals surface area (Å²) in [4.78, 5) is 24.3. The van der Waals surface area contributed by atoms with Crippen LogP contribution in [0.3, 0.4) is 0 Å². The molecule has 0 atom stereocenters. The van der Waals surface area contributed by atoms with Crippen molar-refractivity contribution in [3.63, 3.8) is 0 Å². The predicted octanol–water partition coefficient (Wildman–Crippen LogP) is 2.79. The zero-order valence-corrected chi connectivity index (χ0v) is 17.2. The molecule has 0 saturated heterocycles. The largest absolute Gasteiger partial charge is 0.324 e. The van der Waals surface area contributed by atoms with E-state index in [2.05, 4.69) is 26.3 Å². The normalized spacial score (nSPS) is 11.2. The number of carbonyl (C=O) groups is 1. The van der Waals surface area contributed by atoms with Crippen LogP contribution in [0.2, 0.25) is 0 Å². The maximum atomic E-state index is 12.7. The molecular weight excluding hydrogens is 446 g/mol. The Morgan fingerprint density at radius 2 is 1.68 bits per heavy atom. The number of aromatic nitrogens is 2. The number of nitrogens with one attached hydrogen (secondary N) is 1. The Hall–Kier alpha value is -2.78. The average molecular weight is 462 g/mol. The van der Waals surface area contributed by atoms with E-state index in [9.17, 15) is 18.0 Å². The highest BCUT2D eigenvalue weighted by atomic mass is 79.9. The van der Waals surface area contributed by atoms with Gasteiger partial charge in [-0.05, 0) is 49.4 Å². The van der Waals surface area contributed by atoms with Crippen LogP contribution in [0.4, 0.5) is 5.69 Å². The number of hydrogen-bond acceptors (Lipinski definition) is 5. The lowest BCUT2D eigenvalue weighted by Gasteiger charge is -2.09. The van der Waals surface area contributed by atoms with Crippen LogP contribution in [0.5, 0.6) is 0 Å². The zero-order valence-electron chi connectivity index (χ0n) is 14.8. The summed E-state index contributed by atoms with van der Waals surface area (Å²) < 4.78 is 27.2. The minimum absolute atomic E-state index is 0.0649. The van der Waals surface area contributed by atoms with E-state index in [1.54, 1.807) is 36.4 Å². The number of nitrogens with zero attached hydrogens (tertiary/aromatic N) is 2. The summed E-state index contributed by atoms with van der Waals surface area (Å²) in [5, 5.41) is 6.22. The molecule has 1 aromatic heterocycles. The molecule has 7 nitrogen and oxygen atoms in total. The molecule has 1 amide bonds. The number of aryl methyl sites for hydroxylation is 1. The van der Waals surface area contributed by atoms with Crippen molar-refractivity contribution in [2.24, 2.45) is 0 Å². The van der Waals surface area contributed by atoms with Crippen molar-refractivity contribution in [1.29, 1.82) is 0 Å². The van der Waals surface area contributed by atoms with Gasteiger partial charge < -0.3 is 5.32 Å². The summed E-state index contributed by atoms with van der Waals surface area (Å²) in [7, 11) is -3.90. The smallest absolute Gasteiger partial charge is 0.267 e. The van der Waals surface area contributed by atoms with Gasteiger partial charge in [0.1, 0.15) is 6.54 Å². The first kappa shape index (κ1) is 20.0. The molecule has 28 heavy (non-hydrogen) atoms. The third-order valence-electron chi connectivity index (χ3n) is 3.87. The molecule has 0 aliphatic carbocycles. The summed E-state index contributed by atoms with van der Waals surface area (Å²) in [6.45, 7) is 1.44. The highest BCUT2D eigenvalue weighted by molar-refractivity contribution is 9.10. The van der Waals surface area contributed by atoms with Gasteiger partial charge in [-0.3, -0.25) is 9.59 Å². The molecule has 0 radical (unpaired) electrons. The summed E-state index contributed by atoms with van der Waals surface area (Å²) in [5.41, 5.74) is 0.889. The maximum Gasteiger partial charge on any atom is 0.267 e. The molecular formula is C19H16BrN3O4S. The Morgan fingerprint density at radius 3 is 2.32 bits per heavy atom. The number of anilines is 1. The van der Waals surface area contributed by atoms with Crippen molar-refractivity contribution in [2.45, 2.75) is 23.4 Å². The molecule has 0 aliphatic rings. The van der Waals surface area contributed by atoms with Gasteiger partial charge in [-0.2, -0.15) is 5.10 Å². The van der Waals surface area contributed by atoms with E-state index in [1.807, 2.05) is 6.92 Å². The molecule has 9 heteroatoms. The second kappa shape index (κ2) is 8.07. The van der Waals surface area contributed by atoms with Gasteiger partial charge in [0.25, 0.3) is 5.56 Å². The van der Waals surface area contributed by atoms with E-state index in [0.29, 0.717) is 5.69 Å². The second-order valence-corrected chi connectivity index (χ2v) is 8.85. The Bertz CT molecular complexity index is 1170. The number of halogens is 1. The monoisotopic (exact) mass is 461 g/mol. The third-order valence-corrected chi connectivity index (χ3v) is 6.06. The maximum absolute atomic E-state index is 12.7. The van der Waals surface area contributed by atoms with Crippen LogP contribution in [-0.4, -0.2) is 24.1 Å². The molecule has 0 aliphatic heterocycles. The highest BCUT2D eigenvalue weighted by Crippen LogP contribution is 2.18. The Labute approximate surface area is 170 Å². The SMILES string of the molecule is Cc1ccc(S(=O)(=O)c2ccc(=O)n(CC(=O)Nc3ccc(Br)cc3)n2)cc1. The van der Waals surface area contributed by atoms with Crippen LogP contribution in [0.1, 0.15) is 5.56 Å². The van der Waals surface area contributed by atoms with Crippen molar-refractivity contribution in [2.75, 3.05) is 5.32 Å². The standard InChI is InChI=1S/C19H16BrN3O4S/c1-13-2-8-16(9-3-13)28(26,27)18-10-11-19(25)23(22-18)12-17(24)21-15-6-4-14(20)5-7-15/h2-11H,12H2,1H3,(H,21,24). The molecule has 144 valence electrons. The lowest BCUT2D eigenvalue weighted by molar-refractivity contribution is -0.117. The number of sulfone groups is 1. The molecule has 2 aromatic carbocycles. The first-order valence-electron chi connectivity index (χ1n) is 8.21. The van der Waals surface area contributed by atoms with Crippen LogP contribution in [0, 0.1) is 6.92 Å². The lowest BCUT2D eigenvalue weighted by atomic mass is 10.2. The van der Waals surface area contributed by atoms with Gasteiger partial charge >= 0.3 is 0 Å². The van der Waals surface area contributed by atoms with Gasteiger partial charge in [0.2, 0.25) is 15.7 Å². The fourth-order valence-electron chi connectivity index (χ4n) is 2.39. The van der Waals surface area contributed by atoms with E-state index in [-0.39, 0.29) is 9.92 Å². The number of amides is 1. The van der Waals surface area contributed by atoms with Crippen molar-refractivity contribution in [1.82, 2.24) is 9.78 Å². The van der Waals surface area contributed by atoms with E-state index < -0.39 is 27.8 Å². The van der Waals surface area contributed by atoms with Gasteiger partial charge in [-0.25, -0.2) is 13.1 Å². The van der Waals surface area contributed by atoms with Crippen LogP contribution >= 0.6 is 15.9 Å². The van der Waals surface area contributed by atoms with Crippen molar-refractivity contribution in [3.05, 3.63) is 81.1 Å². The van der Waals surface area contributed by atoms with Crippen molar-refractivity contribution >= 4 is 37.4 Å². The first-order valence-corrected chi connectivity index (χ1v) is 10.5. The molecule has 3 aromatic rings. The van der Waals surface area contributed by atoms with Gasteiger partial charge in [-0.15, -0.1) is 0 Å². The molecule has 0 fully saturated rings. The Balaban J connectivity index is 1.85. The molecule has 0 spiro atoms. The van der Waals surface area contributed by atoms with E-state index in [0.717, 1.165) is 26.9 Å². The Kier molecular flexibility index (Phi) is 5.76. The zero-order chi connectivity index (χ0) is 20.3. The minimum atomic E-state index is -3.90. The van der Waals surface area contributed by atoms with E-state index in [1.165, 1.54) is 12.1 Å². The molecule has 1 N–H and O–H groups in total. The number of benzene rings is 2. The van der Waals surface area contributed by atoms with E-state index in [4.69, 9.17) is 0 Å². The van der Waals surface area contributed by atoms with Crippen molar-refractivity contribution < 1.29 is 13.2 Å². The Morgan fingerprint density at radius 1 is 1.04 bits per heavy atom. The first-order chi connectivity index (χ1) is 13.3. The highest BCUT2D eigenvalue weighted by Gasteiger charge is 2.21. The van der Waals surface area contributed by atoms with Gasteiger partial charge in [-0.1, -0.05) is 33.6 Å². The van der Waals surface area contributed by atoms with Gasteiger partial charge in [0, 0.05) is 16.2 Å². The summed E-state index contributed by atoms with van der Waals surface area (Å²) >= 11 is 3.30. The quantitative estimate of drug-likeness (QED) is 0.629. The minimum Gasteiger partial charge on any atom is -0.324 e. The predicted molar refractivity (Wildman–Crippen MR) is 108 cm³/mol. The summed E-state index contributed by atoms with van der Waals surface area (Å²) in [6.07, 6.45) is 0. The molecule has 0 unspecified atom stereocenters. The topological polar surface area (TPSA) is 98.1 Å².